The summed E-state index contributed by atoms with van der Waals surface area (Å²) in [5.74, 6) is -1.81. The number of benzene rings is 3. The van der Waals surface area contributed by atoms with E-state index in [-0.39, 0.29) is 22.9 Å². The fraction of sp³-hybridized carbons (Fsp3) is 0.214. The van der Waals surface area contributed by atoms with Crippen LogP contribution in [0.2, 0.25) is 5.02 Å². The third-order valence-corrected chi connectivity index (χ3v) is 6.42. The van der Waals surface area contributed by atoms with Gasteiger partial charge in [0.2, 0.25) is 0 Å². The van der Waals surface area contributed by atoms with Crippen LogP contribution in [0.15, 0.2) is 66.2 Å². The number of aryl methyl sites for hydroxylation is 1. The number of rotatable bonds is 5. The van der Waals surface area contributed by atoms with Crippen LogP contribution in [-0.4, -0.2) is 23.9 Å². The topological polar surface area (TPSA) is 66.8 Å². The van der Waals surface area contributed by atoms with Crippen molar-refractivity contribution in [2.45, 2.75) is 32.7 Å². The Bertz CT molecular complexity index is 1350. The van der Waals surface area contributed by atoms with Crippen LogP contribution in [0.4, 0.5) is 10.1 Å². The Labute approximate surface area is 208 Å². The molecule has 1 amide bonds. The SMILES string of the molecule is COc1cc(C)c(/C(O)=C2\C(=O)C(=O)N(c3cccc(F)c3)C2c2ccc(Cl)cc2)cc1C(C)C. The summed E-state index contributed by atoms with van der Waals surface area (Å²) < 4.78 is 19.6. The van der Waals surface area contributed by atoms with Crippen LogP contribution in [0.1, 0.15) is 48.1 Å². The molecule has 4 rings (SSSR count). The summed E-state index contributed by atoms with van der Waals surface area (Å²) in [5.41, 5.74) is 2.63. The zero-order valence-electron chi connectivity index (χ0n) is 19.8. The molecular formula is C28H25ClFNO4. The number of amides is 1. The quantitative estimate of drug-likeness (QED) is 0.249. The minimum atomic E-state index is -0.974. The number of hydrogen-bond acceptors (Lipinski definition) is 4. The predicted octanol–water partition coefficient (Wildman–Crippen LogP) is 6.55. The standard InChI is InChI=1S/C28H25ClFNO4/c1-15(2)21-14-22(16(3)12-23(21)35-4)26(32)24-25(17-8-10-18(29)11-9-17)31(28(34)27(24)33)20-7-5-6-19(30)13-20/h5-15,25,32H,1-4H3/b26-24+. The zero-order valence-corrected chi connectivity index (χ0v) is 20.6. The smallest absolute Gasteiger partial charge is 0.300 e. The molecule has 1 saturated heterocycles. The van der Waals surface area contributed by atoms with Gasteiger partial charge in [0.25, 0.3) is 11.7 Å². The van der Waals surface area contributed by atoms with Gasteiger partial charge in [-0.25, -0.2) is 4.39 Å². The molecule has 1 aliphatic rings. The maximum Gasteiger partial charge on any atom is 0.300 e. The third kappa shape index (κ3) is 4.42. The van der Waals surface area contributed by atoms with Gasteiger partial charge in [-0.1, -0.05) is 43.6 Å². The number of ether oxygens (including phenoxy) is 1. The van der Waals surface area contributed by atoms with Crippen LogP contribution in [-0.2, 0) is 9.59 Å². The van der Waals surface area contributed by atoms with E-state index in [1.807, 2.05) is 13.8 Å². The molecule has 7 heteroatoms. The third-order valence-electron chi connectivity index (χ3n) is 6.17. The number of carbonyl (C=O) groups is 2. The minimum absolute atomic E-state index is 0.0791. The number of Topliss-reactive ketones (excluding diaryl/α,β-unsaturated/α-hetero) is 1. The second kappa shape index (κ2) is 9.55. The fourth-order valence-electron chi connectivity index (χ4n) is 4.41. The average Bonchev–Trinajstić information content (AvgIpc) is 3.09. The van der Waals surface area contributed by atoms with E-state index in [2.05, 4.69) is 0 Å². The van der Waals surface area contributed by atoms with Gasteiger partial charge < -0.3 is 9.84 Å². The molecule has 3 aromatic carbocycles. The molecular weight excluding hydrogens is 469 g/mol. The monoisotopic (exact) mass is 493 g/mol. The van der Waals surface area contributed by atoms with Gasteiger partial charge in [0.05, 0.1) is 18.7 Å². The maximum absolute atomic E-state index is 14.1. The summed E-state index contributed by atoms with van der Waals surface area (Å²) in [6.07, 6.45) is 0. The molecule has 0 spiro atoms. The maximum atomic E-state index is 14.1. The van der Waals surface area contributed by atoms with E-state index in [1.54, 1.807) is 56.5 Å². The number of aliphatic hydroxyl groups excluding tert-OH is 1. The first-order valence-corrected chi connectivity index (χ1v) is 11.5. The summed E-state index contributed by atoms with van der Waals surface area (Å²) in [4.78, 5) is 27.8. The van der Waals surface area contributed by atoms with Gasteiger partial charge >= 0.3 is 0 Å². The molecule has 0 bridgehead atoms. The van der Waals surface area contributed by atoms with Crippen molar-refractivity contribution in [2.24, 2.45) is 0 Å². The molecule has 1 heterocycles. The molecule has 0 saturated carbocycles. The van der Waals surface area contributed by atoms with Crippen LogP contribution in [0, 0.1) is 12.7 Å². The predicted molar refractivity (Wildman–Crippen MR) is 134 cm³/mol. The summed E-state index contributed by atoms with van der Waals surface area (Å²) in [6.45, 7) is 5.78. The van der Waals surface area contributed by atoms with Gasteiger partial charge in [0.1, 0.15) is 17.3 Å². The van der Waals surface area contributed by atoms with Gasteiger partial charge in [-0.05, 0) is 72.0 Å². The van der Waals surface area contributed by atoms with E-state index in [9.17, 15) is 19.1 Å². The van der Waals surface area contributed by atoms with Crippen molar-refractivity contribution in [3.63, 3.8) is 0 Å². The molecule has 35 heavy (non-hydrogen) atoms. The average molecular weight is 494 g/mol. The number of anilines is 1. The lowest BCUT2D eigenvalue weighted by atomic mass is 9.91. The Morgan fingerprint density at radius 2 is 1.77 bits per heavy atom. The van der Waals surface area contributed by atoms with Gasteiger partial charge in [-0.3, -0.25) is 14.5 Å². The van der Waals surface area contributed by atoms with Crippen LogP contribution in [0.3, 0.4) is 0 Å². The van der Waals surface area contributed by atoms with Crippen molar-refractivity contribution in [3.05, 3.63) is 99.3 Å². The van der Waals surface area contributed by atoms with Crippen molar-refractivity contribution >= 4 is 34.7 Å². The molecule has 0 aliphatic carbocycles. The summed E-state index contributed by atoms with van der Waals surface area (Å²) in [7, 11) is 1.57. The summed E-state index contributed by atoms with van der Waals surface area (Å²) >= 11 is 6.07. The molecule has 180 valence electrons. The molecule has 0 radical (unpaired) electrons. The highest BCUT2D eigenvalue weighted by atomic mass is 35.5. The number of halogens is 2. The normalized spacial score (nSPS) is 17.3. The van der Waals surface area contributed by atoms with Crippen molar-refractivity contribution in [3.8, 4) is 5.75 Å². The van der Waals surface area contributed by atoms with Gasteiger partial charge in [-0.2, -0.15) is 0 Å². The van der Waals surface area contributed by atoms with Crippen LogP contribution < -0.4 is 9.64 Å². The first-order valence-electron chi connectivity index (χ1n) is 11.1. The Morgan fingerprint density at radius 1 is 1.09 bits per heavy atom. The molecule has 3 aromatic rings. The summed E-state index contributed by atoms with van der Waals surface area (Å²) in [6, 6.07) is 14.7. The number of carbonyl (C=O) groups excluding carboxylic acids is 2. The van der Waals surface area contributed by atoms with Gasteiger partial charge in [0, 0.05) is 16.3 Å². The van der Waals surface area contributed by atoms with Gasteiger partial charge in [-0.15, -0.1) is 0 Å². The zero-order chi connectivity index (χ0) is 25.4. The van der Waals surface area contributed by atoms with Crippen molar-refractivity contribution in [1.29, 1.82) is 0 Å². The number of aliphatic hydroxyl groups is 1. The molecule has 1 fully saturated rings. The largest absolute Gasteiger partial charge is 0.507 e. The lowest BCUT2D eigenvalue weighted by molar-refractivity contribution is -0.132. The molecule has 1 atom stereocenters. The number of methoxy groups -OCH3 is 1. The molecule has 5 nitrogen and oxygen atoms in total. The van der Waals surface area contributed by atoms with E-state index in [0.717, 1.165) is 5.56 Å². The lowest BCUT2D eigenvalue weighted by Crippen LogP contribution is -2.29. The Morgan fingerprint density at radius 3 is 2.37 bits per heavy atom. The van der Waals surface area contributed by atoms with Crippen LogP contribution in [0.5, 0.6) is 5.75 Å². The first-order chi connectivity index (χ1) is 16.6. The Hall–Kier alpha value is -3.64. The molecule has 0 aromatic heterocycles. The Kier molecular flexibility index (Phi) is 6.68. The highest BCUT2D eigenvalue weighted by molar-refractivity contribution is 6.51. The molecule has 1 aliphatic heterocycles. The van der Waals surface area contributed by atoms with Crippen molar-refractivity contribution < 1.29 is 23.8 Å². The van der Waals surface area contributed by atoms with E-state index in [4.69, 9.17) is 16.3 Å². The first kappa shape index (κ1) is 24.5. The van der Waals surface area contributed by atoms with E-state index < -0.39 is 23.5 Å². The van der Waals surface area contributed by atoms with E-state index in [0.29, 0.717) is 27.5 Å². The van der Waals surface area contributed by atoms with Crippen LogP contribution >= 0.6 is 11.6 Å². The second-order valence-electron chi connectivity index (χ2n) is 8.76. The highest BCUT2D eigenvalue weighted by Gasteiger charge is 2.47. The Balaban J connectivity index is 1.99. The number of hydrogen-bond donors (Lipinski definition) is 1. The minimum Gasteiger partial charge on any atom is -0.507 e. The van der Waals surface area contributed by atoms with E-state index in [1.165, 1.54) is 23.1 Å². The van der Waals surface area contributed by atoms with E-state index >= 15 is 0 Å². The van der Waals surface area contributed by atoms with Crippen molar-refractivity contribution in [1.82, 2.24) is 0 Å². The summed E-state index contributed by atoms with van der Waals surface area (Å²) in [5, 5.41) is 12.0. The highest BCUT2D eigenvalue weighted by Crippen LogP contribution is 2.43. The number of ketones is 1. The molecule has 1 N–H and O–H groups in total. The molecule has 1 unspecified atom stereocenters. The van der Waals surface area contributed by atoms with Crippen LogP contribution in [0.25, 0.3) is 5.76 Å². The fourth-order valence-corrected chi connectivity index (χ4v) is 4.54. The van der Waals surface area contributed by atoms with Crippen molar-refractivity contribution in [2.75, 3.05) is 12.0 Å². The number of nitrogens with zero attached hydrogens (tertiary/aromatic N) is 1. The van der Waals surface area contributed by atoms with Gasteiger partial charge in [0.15, 0.2) is 0 Å². The second-order valence-corrected chi connectivity index (χ2v) is 9.20. The lowest BCUT2D eigenvalue weighted by Gasteiger charge is -2.26.